The summed E-state index contributed by atoms with van der Waals surface area (Å²) in [5, 5.41) is 0. The fourth-order valence-electron chi connectivity index (χ4n) is 0.152. The van der Waals surface area contributed by atoms with Crippen LogP contribution in [0.4, 0.5) is 0 Å². The van der Waals surface area contributed by atoms with Crippen molar-refractivity contribution in [1.82, 2.24) is 0 Å². The molecule has 0 aliphatic heterocycles. The lowest BCUT2D eigenvalue weighted by Gasteiger charge is -1.91. The van der Waals surface area contributed by atoms with Crippen LogP contribution in [0.5, 0.6) is 0 Å². The molecule has 3 heteroatoms. The highest BCUT2D eigenvalue weighted by Gasteiger charge is 1.93. The van der Waals surface area contributed by atoms with Gasteiger partial charge in [0.1, 0.15) is 0 Å². The molecule has 3 nitrogen and oxygen atoms in total. The molecule has 0 spiro atoms. The largest absolute Gasteiger partial charge is 0.342 e. The van der Waals surface area contributed by atoms with E-state index in [2.05, 4.69) is 16.4 Å². The second kappa shape index (κ2) is 11.0. The Balaban J connectivity index is 0. The third-order valence-electron chi connectivity index (χ3n) is 0.465. The fraction of sp³-hybridized carbons (Fsp3) is 0.571. The Bertz CT molecular complexity index is 88.9. The van der Waals surface area contributed by atoms with Crippen molar-refractivity contribution < 1.29 is 14.6 Å². The van der Waals surface area contributed by atoms with Crippen LogP contribution < -0.4 is 0 Å². The highest BCUT2D eigenvalue weighted by atomic mass is 17.2. The molecular formula is C7H14O3. The van der Waals surface area contributed by atoms with E-state index in [4.69, 9.17) is 0 Å². The van der Waals surface area contributed by atoms with Gasteiger partial charge in [0.05, 0.1) is 7.11 Å². The van der Waals surface area contributed by atoms with Gasteiger partial charge in [0.2, 0.25) is 0 Å². The normalized spacial score (nSPS) is 7.10. The molecule has 0 unspecified atom stereocenters. The first-order chi connectivity index (χ1) is 4.72. The number of hydrogen-bond donors (Lipinski definition) is 0. The molecule has 0 saturated heterocycles. The third kappa shape index (κ3) is 15.7. The van der Waals surface area contributed by atoms with Crippen LogP contribution in [0.25, 0.3) is 0 Å². The molecular weight excluding hydrogens is 132 g/mol. The van der Waals surface area contributed by atoms with Gasteiger partial charge in [0.25, 0.3) is 0 Å². The van der Waals surface area contributed by atoms with Gasteiger partial charge in [-0.15, -0.1) is 6.58 Å². The molecule has 0 atom stereocenters. The molecule has 0 bridgehead atoms. The Morgan fingerprint density at radius 2 is 2.10 bits per heavy atom. The zero-order valence-corrected chi connectivity index (χ0v) is 6.72. The first kappa shape index (κ1) is 11.9. The van der Waals surface area contributed by atoms with Crippen LogP contribution >= 0.6 is 0 Å². The molecule has 0 aliphatic rings. The number of rotatable bonds is 2. The van der Waals surface area contributed by atoms with E-state index in [-0.39, 0.29) is 5.97 Å². The number of allylic oxidation sites excluding steroid dienone is 1. The topological polar surface area (TPSA) is 35.5 Å². The van der Waals surface area contributed by atoms with Crippen LogP contribution in [0.2, 0.25) is 0 Å². The first-order valence-electron chi connectivity index (χ1n) is 3.03. The van der Waals surface area contributed by atoms with Crippen LogP contribution in [0.15, 0.2) is 12.7 Å². The lowest BCUT2D eigenvalue weighted by molar-refractivity contribution is -0.254. The van der Waals surface area contributed by atoms with Crippen molar-refractivity contribution in [3.63, 3.8) is 0 Å². The summed E-state index contributed by atoms with van der Waals surface area (Å²) in [6, 6.07) is 0. The Morgan fingerprint density at radius 3 is 2.20 bits per heavy atom. The van der Waals surface area contributed by atoms with Gasteiger partial charge in [-0.1, -0.05) is 13.0 Å². The minimum absolute atomic E-state index is 0.345. The number of carbonyl (C=O) groups is 1. The van der Waals surface area contributed by atoms with Crippen molar-refractivity contribution in [3.8, 4) is 0 Å². The van der Waals surface area contributed by atoms with Gasteiger partial charge in [0.15, 0.2) is 0 Å². The van der Waals surface area contributed by atoms with Crippen LogP contribution in [-0.2, 0) is 14.6 Å². The van der Waals surface area contributed by atoms with Crippen molar-refractivity contribution in [3.05, 3.63) is 12.7 Å². The maximum absolute atomic E-state index is 10.1. The van der Waals surface area contributed by atoms with Gasteiger partial charge in [-0.2, -0.15) is 4.89 Å². The van der Waals surface area contributed by atoms with Gasteiger partial charge in [-0.05, 0) is 6.92 Å². The van der Waals surface area contributed by atoms with E-state index < -0.39 is 0 Å². The van der Waals surface area contributed by atoms with E-state index in [9.17, 15) is 4.79 Å². The lowest BCUT2D eigenvalue weighted by Crippen LogP contribution is -1.99. The standard InChI is InChI=1S/C4H8O3.C3H6/c1-3-4(5)7-6-2;1-3-2/h3H2,1-2H3;3H,1H2,2H3. The van der Waals surface area contributed by atoms with Gasteiger partial charge < -0.3 is 0 Å². The molecule has 60 valence electrons. The minimum Gasteiger partial charge on any atom is -0.299 e. The monoisotopic (exact) mass is 146 g/mol. The maximum Gasteiger partial charge on any atom is 0.342 e. The lowest BCUT2D eigenvalue weighted by atomic mass is 10.5. The van der Waals surface area contributed by atoms with Crippen molar-refractivity contribution >= 4 is 5.97 Å². The molecule has 0 N–H and O–H groups in total. The zero-order chi connectivity index (χ0) is 8.41. The summed E-state index contributed by atoms with van der Waals surface area (Å²) in [5.74, 6) is -0.345. The molecule has 0 aromatic carbocycles. The molecule has 0 aromatic heterocycles. The smallest absolute Gasteiger partial charge is 0.299 e. The highest BCUT2D eigenvalue weighted by molar-refractivity contribution is 5.68. The Kier molecular flexibility index (Phi) is 13.1. The van der Waals surface area contributed by atoms with Crippen molar-refractivity contribution in [1.29, 1.82) is 0 Å². The summed E-state index contributed by atoms with van der Waals surface area (Å²) in [6.07, 6.45) is 2.10. The first-order valence-corrected chi connectivity index (χ1v) is 3.03. The molecule has 0 amide bonds. The summed E-state index contributed by atoms with van der Waals surface area (Å²) in [4.78, 5) is 18.2. The zero-order valence-electron chi connectivity index (χ0n) is 6.72. The van der Waals surface area contributed by atoms with Crippen LogP contribution in [-0.4, -0.2) is 13.1 Å². The molecule has 0 radical (unpaired) electrons. The van der Waals surface area contributed by atoms with E-state index >= 15 is 0 Å². The van der Waals surface area contributed by atoms with Gasteiger partial charge in [-0.3, -0.25) is 4.89 Å². The quantitative estimate of drug-likeness (QED) is 0.338. The van der Waals surface area contributed by atoms with Gasteiger partial charge in [0, 0.05) is 6.42 Å². The number of hydrogen-bond acceptors (Lipinski definition) is 3. The Hall–Kier alpha value is -0.830. The van der Waals surface area contributed by atoms with E-state index in [1.54, 1.807) is 13.0 Å². The summed E-state index contributed by atoms with van der Waals surface area (Å²) in [7, 11) is 1.30. The Labute approximate surface area is 61.6 Å². The maximum atomic E-state index is 10.1. The highest BCUT2D eigenvalue weighted by Crippen LogP contribution is 1.81. The van der Waals surface area contributed by atoms with E-state index in [1.165, 1.54) is 7.11 Å². The minimum atomic E-state index is -0.345. The summed E-state index contributed by atoms with van der Waals surface area (Å²) in [6.45, 7) is 6.95. The second-order valence-corrected chi connectivity index (χ2v) is 1.38. The predicted molar refractivity (Wildman–Crippen MR) is 39.3 cm³/mol. The molecule has 10 heavy (non-hydrogen) atoms. The van der Waals surface area contributed by atoms with Crippen molar-refractivity contribution in [2.75, 3.05) is 7.11 Å². The summed E-state index contributed by atoms with van der Waals surface area (Å²) >= 11 is 0. The predicted octanol–water partition coefficient (Wildman–Crippen LogP) is 1.69. The average molecular weight is 146 g/mol. The second-order valence-electron chi connectivity index (χ2n) is 1.38. The third-order valence-corrected chi connectivity index (χ3v) is 0.465. The summed E-state index contributed by atoms with van der Waals surface area (Å²) in [5.41, 5.74) is 0. The Morgan fingerprint density at radius 1 is 1.70 bits per heavy atom. The van der Waals surface area contributed by atoms with E-state index in [0.29, 0.717) is 6.42 Å². The molecule has 0 aromatic rings. The SMILES string of the molecule is C=CC.CCC(=O)OOC. The molecule has 0 fully saturated rings. The van der Waals surface area contributed by atoms with Crippen molar-refractivity contribution in [2.45, 2.75) is 20.3 Å². The molecule has 0 heterocycles. The number of carbonyl (C=O) groups excluding carboxylic acids is 1. The van der Waals surface area contributed by atoms with Crippen LogP contribution in [0, 0.1) is 0 Å². The molecule has 0 saturated carbocycles. The van der Waals surface area contributed by atoms with Crippen LogP contribution in [0.3, 0.4) is 0 Å². The van der Waals surface area contributed by atoms with E-state index in [1.807, 2.05) is 6.92 Å². The van der Waals surface area contributed by atoms with Gasteiger partial charge >= 0.3 is 5.97 Å². The summed E-state index contributed by atoms with van der Waals surface area (Å²) < 4.78 is 0. The van der Waals surface area contributed by atoms with Crippen molar-refractivity contribution in [2.24, 2.45) is 0 Å². The van der Waals surface area contributed by atoms with Gasteiger partial charge in [-0.25, -0.2) is 4.79 Å². The average Bonchev–Trinajstić information content (AvgIpc) is 1.90. The fourth-order valence-corrected chi connectivity index (χ4v) is 0.152. The van der Waals surface area contributed by atoms with Crippen LogP contribution in [0.1, 0.15) is 20.3 Å². The van der Waals surface area contributed by atoms with E-state index in [0.717, 1.165) is 0 Å². The molecule has 0 aliphatic carbocycles. The molecule has 0 rings (SSSR count).